The molecular formula is C15H16N4O3. The Morgan fingerprint density at radius 1 is 1.32 bits per heavy atom. The highest BCUT2D eigenvalue weighted by molar-refractivity contribution is 5.96. The summed E-state index contributed by atoms with van der Waals surface area (Å²) >= 11 is 0. The van der Waals surface area contributed by atoms with Gasteiger partial charge in [0.2, 0.25) is 0 Å². The quantitative estimate of drug-likeness (QED) is 0.850. The van der Waals surface area contributed by atoms with Crippen LogP contribution in [0.3, 0.4) is 0 Å². The average molecular weight is 300 g/mol. The van der Waals surface area contributed by atoms with Crippen LogP contribution in [0.15, 0.2) is 24.4 Å². The molecule has 7 heteroatoms. The number of fused-ring (bicyclic) bond motifs is 1. The molecule has 7 nitrogen and oxygen atoms in total. The number of hydrogen-bond donors (Lipinski definition) is 2. The van der Waals surface area contributed by atoms with Crippen molar-refractivity contribution < 1.29 is 14.7 Å². The molecule has 0 bridgehead atoms. The molecule has 1 aromatic carbocycles. The third kappa shape index (κ3) is 2.98. The SMILES string of the molecule is O=C(O)Cn1cc(CNC(=O)c2cccc3c2CCC3)nn1. The van der Waals surface area contributed by atoms with E-state index in [1.165, 1.54) is 16.4 Å². The van der Waals surface area contributed by atoms with Gasteiger partial charge in [-0.3, -0.25) is 9.59 Å². The Bertz CT molecular complexity index is 723. The predicted molar refractivity (Wildman–Crippen MR) is 77.3 cm³/mol. The van der Waals surface area contributed by atoms with Crippen LogP contribution in [0.1, 0.15) is 33.6 Å². The second-order valence-corrected chi connectivity index (χ2v) is 5.28. The lowest BCUT2D eigenvalue weighted by Gasteiger charge is -2.08. The fourth-order valence-corrected chi connectivity index (χ4v) is 2.73. The highest BCUT2D eigenvalue weighted by atomic mass is 16.4. The van der Waals surface area contributed by atoms with Crippen molar-refractivity contribution in [2.75, 3.05) is 0 Å². The Morgan fingerprint density at radius 3 is 3.00 bits per heavy atom. The molecule has 22 heavy (non-hydrogen) atoms. The van der Waals surface area contributed by atoms with E-state index in [9.17, 15) is 9.59 Å². The van der Waals surface area contributed by atoms with Gasteiger partial charge in [-0.25, -0.2) is 4.68 Å². The van der Waals surface area contributed by atoms with Crippen molar-refractivity contribution in [3.63, 3.8) is 0 Å². The number of carboxylic acids is 1. The first-order chi connectivity index (χ1) is 10.6. The number of aliphatic carboxylic acids is 1. The van der Waals surface area contributed by atoms with E-state index in [4.69, 9.17) is 5.11 Å². The lowest BCUT2D eigenvalue weighted by atomic mass is 10.0. The van der Waals surface area contributed by atoms with Gasteiger partial charge in [0.05, 0.1) is 12.7 Å². The molecule has 1 aliphatic rings. The molecule has 0 unspecified atom stereocenters. The minimum atomic E-state index is -0.986. The van der Waals surface area contributed by atoms with Gasteiger partial charge in [-0.1, -0.05) is 17.3 Å². The number of carbonyl (C=O) groups is 2. The highest BCUT2D eigenvalue weighted by Gasteiger charge is 2.18. The first kappa shape index (κ1) is 14.2. The summed E-state index contributed by atoms with van der Waals surface area (Å²) in [5, 5.41) is 19.0. The average Bonchev–Trinajstić information content (AvgIpc) is 3.12. The van der Waals surface area contributed by atoms with Crippen LogP contribution in [-0.4, -0.2) is 32.0 Å². The zero-order valence-electron chi connectivity index (χ0n) is 12.0. The summed E-state index contributed by atoms with van der Waals surface area (Å²) in [7, 11) is 0. The van der Waals surface area contributed by atoms with Gasteiger partial charge in [-0.15, -0.1) is 5.10 Å². The molecule has 3 rings (SSSR count). The van der Waals surface area contributed by atoms with E-state index in [0.29, 0.717) is 11.3 Å². The monoisotopic (exact) mass is 300 g/mol. The van der Waals surface area contributed by atoms with Crippen LogP contribution in [-0.2, 0) is 30.7 Å². The van der Waals surface area contributed by atoms with E-state index >= 15 is 0 Å². The minimum Gasteiger partial charge on any atom is -0.480 e. The van der Waals surface area contributed by atoms with Crippen molar-refractivity contribution in [3.05, 3.63) is 46.8 Å². The molecule has 0 saturated carbocycles. The van der Waals surface area contributed by atoms with Gasteiger partial charge in [0.25, 0.3) is 5.91 Å². The van der Waals surface area contributed by atoms with Gasteiger partial charge in [-0.2, -0.15) is 0 Å². The maximum Gasteiger partial charge on any atom is 0.325 e. The van der Waals surface area contributed by atoms with Crippen molar-refractivity contribution in [1.82, 2.24) is 20.3 Å². The summed E-state index contributed by atoms with van der Waals surface area (Å²) in [5.74, 6) is -1.12. The number of nitrogens with zero attached hydrogens (tertiary/aromatic N) is 3. The molecule has 0 atom stereocenters. The summed E-state index contributed by atoms with van der Waals surface area (Å²) in [6.45, 7) is -0.0186. The number of carbonyl (C=O) groups excluding carboxylic acids is 1. The summed E-state index contributed by atoms with van der Waals surface area (Å²) < 4.78 is 1.23. The van der Waals surface area contributed by atoms with Crippen LogP contribution in [0.25, 0.3) is 0 Å². The van der Waals surface area contributed by atoms with Gasteiger partial charge in [0, 0.05) is 5.56 Å². The molecule has 1 amide bonds. The fraction of sp³-hybridized carbons (Fsp3) is 0.333. The standard InChI is InChI=1S/C15H16N4O3/c20-14(21)9-19-8-11(17-18-19)7-16-15(22)13-6-2-4-10-3-1-5-12(10)13/h2,4,6,8H,1,3,5,7,9H2,(H,16,22)(H,20,21). The van der Waals surface area contributed by atoms with Crippen LogP contribution in [0.4, 0.5) is 0 Å². The summed E-state index contributed by atoms with van der Waals surface area (Å²) in [6, 6.07) is 5.81. The molecule has 0 radical (unpaired) electrons. The van der Waals surface area contributed by atoms with Crippen molar-refractivity contribution in [2.45, 2.75) is 32.4 Å². The van der Waals surface area contributed by atoms with E-state index in [2.05, 4.69) is 21.7 Å². The molecule has 1 heterocycles. The molecule has 2 aromatic rings. The molecule has 1 aliphatic carbocycles. The number of hydrogen-bond acceptors (Lipinski definition) is 4. The Balaban J connectivity index is 1.64. The van der Waals surface area contributed by atoms with E-state index in [0.717, 1.165) is 24.8 Å². The van der Waals surface area contributed by atoms with Crippen LogP contribution >= 0.6 is 0 Å². The van der Waals surface area contributed by atoms with Crippen LogP contribution in [0, 0.1) is 0 Å². The largest absolute Gasteiger partial charge is 0.480 e. The van der Waals surface area contributed by atoms with Crippen LogP contribution < -0.4 is 5.32 Å². The number of aryl methyl sites for hydroxylation is 1. The molecular weight excluding hydrogens is 284 g/mol. The number of rotatable bonds is 5. The van der Waals surface area contributed by atoms with E-state index in [1.54, 1.807) is 0 Å². The molecule has 0 fully saturated rings. The molecule has 114 valence electrons. The first-order valence-corrected chi connectivity index (χ1v) is 7.13. The molecule has 0 saturated heterocycles. The fourth-order valence-electron chi connectivity index (χ4n) is 2.73. The predicted octanol–water partition coefficient (Wildman–Crippen LogP) is 0.781. The summed E-state index contributed by atoms with van der Waals surface area (Å²) in [5.41, 5.74) is 3.63. The van der Waals surface area contributed by atoms with Crippen LogP contribution in [0.2, 0.25) is 0 Å². The van der Waals surface area contributed by atoms with E-state index in [-0.39, 0.29) is 19.0 Å². The zero-order valence-corrected chi connectivity index (χ0v) is 12.0. The Hall–Kier alpha value is -2.70. The van der Waals surface area contributed by atoms with E-state index in [1.807, 2.05) is 12.1 Å². The smallest absolute Gasteiger partial charge is 0.325 e. The van der Waals surface area contributed by atoms with Gasteiger partial charge in [-0.05, 0) is 36.5 Å². The van der Waals surface area contributed by atoms with Crippen molar-refractivity contribution in [3.8, 4) is 0 Å². The second-order valence-electron chi connectivity index (χ2n) is 5.28. The lowest BCUT2D eigenvalue weighted by Crippen LogP contribution is -2.24. The van der Waals surface area contributed by atoms with Crippen molar-refractivity contribution in [2.24, 2.45) is 0 Å². The maximum atomic E-state index is 12.3. The normalized spacial score (nSPS) is 12.9. The second kappa shape index (κ2) is 5.97. The number of amides is 1. The van der Waals surface area contributed by atoms with Crippen molar-refractivity contribution >= 4 is 11.9 Å². The summed E-state index contributed by atoms with van der Waals surface area (Å²) in [6.07, 6.45) is 4.57. The minimum absolute atomic E-state index is 0.133. The number of carboxylic acid groups (broad SMARTS) is 1. The Morgan fingerprint density at radius 2 is 2.18 bits per heavy atom. The molecule has 1 aromatic heterocycles. The number of nitrogens with one attached hydrogen (secondary N) is 1. The zero-order chi connectivity index (χ0) is 15.5. The first-order valence-electron chi connectivity index (χ1n) is 7.13. The summed E-state index contributed by atoms with van der Waals surface area (Å²) in [4.78, 5) is 22.9. The van der Waals surface area contributed by atoms with Crippen LogP contribution in [0.5, 0.6) is 0 Å². The van der Waals surface area contributed by atoms with Gasteiger partial charge < -0.3 is 10.4 Å². The van der Waals surface area contributed by atoms with Gasteiger partial charge >= 0.3 is 5.97 Å². The van der Waals surface area contributed by atoms with Gasteiger partial charge in [0.1, 0.15) is 12.2 Å². The van der Waals surface area contributed by atoms with Crippen molar-refractivity contribution in [1.29, 1.82) is 0 Å². The Labute approximate surface area is 126 Å². The van der Waals surface area contributed by atoms with E-state index < -0.39 is 5.97 Å². The highest BCUT2D eigenvalue weighted by Crippen LogP contribution is 2.25. The third-order valence-corrected chi connectivity index (χ3v) is 3.70. The van der Waals surface area contributed by atoms with Gasteiger partial charge in [0.15, 0.2) is 0 Å². The third-order valence-electron chi connectivity index (χ3n) is 3.70. The molecule has 0 aliphatic heterocycles. The Kier molecular flexibility index (Phi) is 3.86. The number of aromatic nitrogens is 3. The maximum absolute atomic E-state index is 12.3. The molecule has 2 N–H and O–H groups in total. The topological polar surface area (TPSA) is 97.1 Å². The molecule has 0 spiro atoms. The lowest BCUT2D eigenvalue weighted by molar-refractivity contribution is -0.137. The number of benzene rings is 1.